The summed E-state index contributed by atoms with van der Waals surface area (Å²) in [5, 5.41) is 21.9. The summed E-state index contributed by atoms with van der Waals surface area (Å²) in [5.41, 5.74) is 0.268. The average Bonchev–Trinajstić information content (AvgIpc) is 3.03. The van der Waals surface area contributed by atoms with Gasteiger partial charge in [-0.3, -0.25) is 0 Å². The molecule has 0 aromatic heterocycles. The second-order valence-corrected chi connectivity index (χ2v) is 11.6. The maximum atomic E-state index is 10.9. The number of carboxylic acids is 2. The molecule has 0 aliphatic carbocycles. The van der Waals surface area contributed by atoms with E-state index in [1.807, 2.05) is 0 Å². The van der Waals surface area contributed by atoms with Gasteiger partial charge < -0.3 is 29.3 Å². The Labute approximate surface area is 286 Å². The van der Waals surface area contributed by atoms with Gasteiger partial charge in [-0.25, -0.2) is 0 Å². The van der Waals surface area contributed by atoms with E-state index in [4.69, 9.17) is 9.47 Å². The van der Waals surface area contributed by atoms with Crippen LogP contribution >= 0.6 is 0 Å². The number of carboxylic acid groups (broad SMARTS) is 2. The largest absolute Gasteiger partial charge is 2.00 e. The Balaban J connectivity index is 0.000000842. The second kappa shape index (κ2) is 30.3. The maximum absolute atomic E-state index is 10.9. The minimum absolute atomic E-state index is 0. The van der Waals surface area contributed by atoms with E-state index in [-0.39, 0.29) is 30.6 Å². The normalized spacial score (nSPS) is 10.4. The number of ether oxygens (including phenoxy) is 2. The SMILES string of the molecule is CCCCCCCCCCCCOc1ccccc1C(=O)[O-].CCCCCCCCCCCCOc1ccccc1C(=O)[O-].[Zn+2]. The van der Waals surface area contributed by atoms with Crippen molar-refractivity contribution in [3.05, 3.63) is 59.7 Å². The van der Waals surface area contributed by atoms with E-state index < -0.39 is 11.9 Å². The van der Waals surface area contributed by atoms with Gasteiger partial charge in [0.1, 0.15) is 11.5 Å². The summed E-state index contributed by atoms with van der Waals surface area (Å²) in [5.74, 6) is -1.53. The van der Waals surface area contributed by atoms with Gasteiger partial charge in [0.2, 0.25) is 0 Å². The van der Waals surface area contributed by atoms with Crippen LogP contribution in [0, 0.1) is 0 Å². The fourth-order valence-electron chi connectivity index (χ4n) is 5.07. The van der Waals surface area contributed by atoms with Crippen LogP contribution in [0.5, 0.6) is 11.5 Å². The Morgan fingerprint density at radius 3 is 1.02 bits per heavy atom. The molecule has 7 heteroatoms. The van der Waals surface area contributed by atoms with Crippen LogP contribution in [-0.4, -0.2) is 25.2 Å². The smallest absolute Gasteiger partial charge is 0.545 e. The summed E-state index contributed by atoms with van der Waals surface area (Å²) < 4.78 is 11.1. The molecule has 0 radical (unpaired) electrons. The minimum atomic E-state index is -1.18. The molecule has 45 heavy (non-hydrogen) atoms. The van der Waals surface area contributed by atoms with Gasteiger partial charge in [-0.05, 0) is 37.1 Å². The predicted octanol–water partition coefficient (Wildman–Crippen LogP) is 8.70. The van der Waals surface area contributed by atoms with Crippen LogP contribution < -0.4 is 19.7 Å². The fourth-order valence-corrected chi connectivity index (χ4v) is 5.07. The molecule has 0 heterocycles. The Morgan fingerprint density at radius 1 is 0.467 bits per heavy atom. The van der Waals surface area contributed by atoms with Crippen molar-refractivity contribution in [3.63, 3.8) is 0 Å². The van der Waals surface area contributed by atoms with Gasteiger partial charge in [0.15, 0.2) is 0 Å². The summed E-state index contributed by atoms with van der Waals surface area (Å²) in [6.07, 6.45) is 25.5. The van der Waals surface area contributed by atoms with Crippen LogP contribution in [0.2, 0.25) is 0 Å². The molecule has 0 aliphatic rings. The van der Waals surface area contributed by atoms with Gasteiger partial charge in [0.25, 0.3) is 0 Å². The van der Waals surface area contributed by atoms with Crippen LogP contribution in [0.25, 0.3) is 0 Å². The van der Waals surface area contributed by atoms with E-state index in [9.17, 15) is 19.8 Å². The number of unbranched alkanes of at least 4 members (excludes halogenated alkanes) is 18. The van der Waals surface area contributed by atoms with E-state index in [0.29, 0.717) is 24.7 Å². The third kappa shape index (κ3) is 22.7. The molecular weight excluding hydrogens is 618 g/mol. The summed E-state index contributed by atoms with van der Waals surface area (Å²) >= 11 is 0. The molecule has 0 atom stereocenters. The predicted molar refractivity (Wildman–Crippen MR) is 176 cm³/mol. The molecule has 0 N–H and O–H groups in total. The van der Waals surface area contributed by atoms with Crippen molar-refractivity contribution in [2.75, 3.05) is 13.2 Å². The third-order valence-electron chi connectivity index (χ3n) is 7.72. The number of para-hydroxylation sites is 2. The zero-order chi connectivity index (χ0) is 32.1. The minimum Gasteiger partial charge on any atom is -0.545 e. The third-order valence-corrected chi connectivity index (χ3v) is 7.72. The van der Waals surface area contributed by atoms with Crippen LogP contribution in [0.15, 0.2) is 48.5 Å². The Hall–Kier alpha value is -2.40. The molecule has 2 rings (SSSR count). The summed E-state index contributed by atoms with van der Waals surface area (Å²) in [7, 11) is 0. The summed E-state index contributed by atoms with van der Waals surface area (Å²) in [6, 6.07) is 13.3. The molecule has 6 nitrogen and oxygen atoms in total. The molecular formula is C38H58O6Zn. The van der Waals surface area contributed by atoms with Crippen LogP contribution in [0.3, 0.4) is 0 Å². The zero-order valence-electron chi connectivity index (χ0n) is 28.3. The zero-order valence-corrected chi connectivity index (χ0v) is 31.3. The van der Waals surface area contributed by atoms with Crippen molar-refractivity contribution in [2.24, 2.45) is 0 Å². The molecule has 2 aromatic carbocycles. The van der Waals surface area contributed by atoms with Crippen molar-refractivity contribution in [1.29, 1.82) is 0 Å². The first kappa shape index (κ1) is 42.6. The van der Waals surface area contributed by atoms with Gasteiger partial charge >= 0.3 is 19.5 Å². The molecule has 0 spiro atoms. The monoisotopic (exact) mass is 674 g/mol. The van der Waals surface area contributed by atoms with Crippen LogP contribution in [-0.2, 0) is 19.5 Å². The molecule has 0 saturated carbocycles. The molecule has 2 aromatic rings. The van der Waals surface area contributed by atoms with Crippen molar-refractivity contribution in [1.82, 2.24) is 0 Å². The first-order chi connectivity index (χ1) is 21.5. The molecule has 0 fully saturated rings. The second-order valence-electron chi connectivity index (χ2n) is 11.6. The number of benzene rings is 2. The number of carbonyl (C=O) groups excluding carboxylic acids is 2. The van der Waals surface area contributed by atoms with Crippen LogP contribution in [0.4, 0.5) is 0 Å². The fraction of sp³-hybridized carbons (Fsp3) is 0.632. The first-order valence-electron chi connectivity index (χ1n) is 17.4. The maximum Gasteiger partial charge on any atom is 2.00 e. The molecule has 0 amide bonds. The number of carbonyl (C=O) groups is 2. The molecule has 0 saturated heterocycles. The topological polar surface area (TPSA) is 98.7 Å². The van der Waals surface area contributed by atoms with Crippen molar-refractivity contribution < 1.29 is 48.8 Å². The quantitative estimate of drug-likeness (QED) is 0.0731. The van der Waals surface area contributed by atoms with Crippen LogP contribution in [0.1, 0.15) is 163 Å². The first-order valence-corrected chi connectivity index (χ1v) is 17.4. The molecule has 248 valence electrons. The molecule has 0 unspecified atom stereocenters. The van der Waals surface area contributed by atoms with E-state index in [1.54, 1.807) is 36.4 Å². The number of hydrogen-bond acceptors (Lipinski definition) is 6. The van der Waals surface area contributed by atoms with Crippen molar-refractivity contribution >= 4 is 11.9 Å². The molecule has 0 bridgehead atoms. The summed E-state index contributed by atoms with van der Waals surface area (Å²) in [6.45, 7) is 5.63. The number of hydrogen-bond donors (Lipinski definition) is 0. The van der Waals surface area contributed by atoms with E-state index in [0.717, 1.165) is 25.7 Å². The van der Waals surface area contributed by atoms with Gasteiger partial charge in [0, 0.05) is 11.1 Å². The Morgan fingerprint density at radius 2 is 0.733 bits per heavy atom. The van der Waals surface area contributed by atoms with E-state index in [2.05, 4.69) is 13.8 Å². The number of rotatable bonds is 26. The Kier molecular flexibility index (Phi) is 28.7. The van der Waals surface area contributed by atoms with Crippen molar-refractivity contribution in [2.45, 2.75) is 142 Å². The van der Waals surface area contributed by atoms with E-state index in [1.165, 1.54) is 115 Å². The van der Waals surface area contributed by atoms with Gasteiger partial charge in [-0.15, -0.1) is 0 Å². The van der Waals surface area contributed by atoms with E-state index >= 15 is 0 Å². The van der Waals surface area contributed by atoms with Gasteiger partial charge in [-0.1, -0.05) is 154 Å². The Bertz CT molecular complexity index is 916. The molecule has 0 aliphatic heterocycles. The average molecular weight is 676 g/mol. The standard InChI is InChI=1S/2C19H30O3.Zn/c2*1-2-3-4-5-6-7-8-9-10-13-16-22-18-15-12-11-14-17(18)19(20)21;/h2*11-12,14-15H,2-10,13,16H2,1H3,(H,20,21);/q;;+2/p-2. The number of aromatic carboxylic acids is 2. The van der Waals surface area contributed by atoms with Gasteiger partial charge in [0.05, 0.1) is 25.2 Å². The van der Waals surface area contributed by atoms with Crippen molar-refractivity contribution in [3.8, 4) is 11.5 Å². The van der Waals surface area contributed by atoms with Gasteiger partial charge in [-0.2, -0.15) is 0 Å². The summed E-state index contributed by atoms with van der Waals surface area (Å²) in [4.78, 5) is 21.9.